The van der Waals surface area contributed by atoms with Gasteiger partial charge >= 0.3 is 0 Å². The largest absolute Gasteiger partial charge is 0.363 e. The van der Waals surface area contributed by atoms with E-state index in [4.69, 9.17) is 0 Å². The van der Waals surface area contributed by atoms with Gasteiger partial charge in [0, 0.05) is 30.6 Å². The second kappa shape index (κ2) is 7.06. The summed E-state index contributed by atoms with van der Waals surface area (Å²) in [6.07, 6.45) is 0. The highest BCUT2D eigenvalue weighted by molar-refractivity contribution is 5.37. The summed E-state index contributed by atoms with van der Waals surface area (Å²) < 4.78 is 2.05. The first-order valence-corrected chi connectivity index (χ1v) is 8.30. The van der Waals surface area contributed by atoms with Crippen LogP contribution >= 0.6 is 0 Å². The molecular formula is C17H28N6. The smallest absolute Gasteiger partial charge is 0.152 e. The van der Waals surface area contributed by atoms with Crippen molar-refractivity contribution in [2.45, 2.75) is 65.8 Å². The van der Waals surface area contributed by atoms with E-state index >= 15 is 0 Å². The van der Waals surface area contributed by atoms with E-state index in [0.29, 0.717) is 24.3 Å². The van der Waals surface area contributed by atoms with Crippen LogP contribution in [0.1, 0.15) is 82.5 Å². The second-order valence-corrected chi connectivity index (χ2v) is 6.89. The van der Waals surface area contributed by atoms with Crippen LogP contribution in [0.5, 0.6) is 0 Å². The van der Waals surface area contributed by atoms with Gasteiger partial charge < -0.3 is 9.88 Å². The molecule has 2 heterocycles. The normalized spacial score (nSPS) is 11.7. The summed E-state index contributed by atoms with van der Waals surface area (Å²) in [5, 5.41) is 11.9. The van der Waals surface area contributed by atoms with Crippen LogP contribution in [0.4, 0.5) is 5.82 Å². The predicted molar refractivity (Wildman–Crippen MR) is 92.6 cm³/mol. The third kappa shape index (κ3) is 4.06. The van der Waals surface area contributed by atoms with Gasteiger partial charge in [-0.2, -0.15) is 0 Å². The zero-order valence-electron chi connectivity index (χ0n) is 15.3. The fraction of sp³-hybridized carbons (Fsp3) is 0.647. The second-order valence-electron chi connectivity index (χ2n) is 6.89. The van der Waals surface area contributed by atoms with Gasteiger partial charge in [-0.3, -0.25) is 0 Å². The lowest BCUT2D eigenvalue weighted by atomic mass is 10.1. The molecule has 0 saturated carbocycles. The predicted octanol–water partition coefficient (Wildman–Crippen LogP) is 3.59. The molecule has 0 spiro atoms. The van der Waals surface area contributed by atoms with Crippen molar-refractivity contribution >= 4 is 5.82 Å². The van der Waals surface area contributed by atoms with E-state index in [1.807, 2.05) is 17.7 Å². The molecule has 0 aliphatic carbocycles. The summed E-state index contributed by atoms with van der Waals surface area (Å²) in [4.78, 5) is 9.27. The van der Waals surface area contributed by atoms with Crippen LogP contribution in [0, 0.1) is 0 Å². The van der Waals surface area contributed by atoms with Crippen molar-refractivity contribution in [1.82, 2.24) is 24.7 Å². The van der Waals surface area contributed by atoms with Gasteiger partial charge in [0.15, 0.2) is 5.82 Å². The number of aromatic nitrogens is 5. The summed E-state index contributed by atoms with van der Waals surface area (Å²) in [6.45, 7) is 13.4. The molecule has 0 fully saturated rings. The van der Waals surface area contributed by atoms with E-state index in [9.17, 15) is 0 Å². The van der Waals surface area contributed by atoms with Crippen LogP contribution in [0.2, 0.25) is 0 Å². The first-order chi connectivity index (χ1) is 10.8. The number of nitrogens with zero attached hydrogens (tertiary/aromatic N) is 5. The molecule has 2 aromatic heterocycles. The highest BCUT2D eigenvalue weighted by Gasteiger charge is 2.13. The van der Waals surface area contributed by atoms with Gasteiger partial charge in [-0.25, -0.2) is 9.97 Å². The van der Waals surface area contributed by atoms with Crippen LogP contribution < -0.4 is 5.32 Å². The Labute approximate surface area is 138 Å². The number of hydrogen-bond acceptors (Lipinski definition) is 5. The Kier molecular flexibility index (Phi) is 5.34. The Hall–Kier alpha value is -1.98. The molecule has 0 amide bonds. The summed E-state index contributed by atoms with van der Waals surface area (Å²) in [5.41, 5.74) is 1.06. The molecule has 0 aliphatic heterocycles. The van der Waals surface area contributed by atoms with E-state index in [0.717, 1.165) is 29.0 Å². The monoisotopic (exact) mass is 316 g/mol. The van der Waals surface area contributed by atoms with Gasteiger partial charge in [-0.05, 0) is 5.92 Å². The number of hydrogen-bond donors (Lipinski definition) is 1. The standard InChI is InChI=1S/C17H28N6/c1-10(2)13-8-14(20-16(19-13)11(3)4)18-9-15-21-22-17(12(5)6)23(15)7/h8,10-12H,9H2,1-7H3,(H,18,19,20). The molecule has 6 heteroatoms. The lowest BCUT2D eigenvalue weighted by Gasteiger charge is -2.13. The van der Waals surface area contributed by atoms with E-state index in [-0.39, 0.29) is 0 Å². The molecule has 23 heavy (non-hydrogen) atoms. The minimum atomic E-state index is 0.302. The maximum Gasteiger partial charge on any atom is 0.152 e. The highest BCUT2D eigenvalue weighted by atomic mass is 15.3. The molecule has 0 atom stereocenters. The third-order valence-electron chi connectivity index (χ3n) is 3.81. The van der Waals surface area contributed by atoms with Gasteiger partial charge in [0.2, 0.25) is 0 Å². The summed E-state index contributed by atoms with van der Waals surface area (Å²) in [5.74, 6) is 4.66. The zero-order chi connectivity index (χ0) is 17.1. The SMILES string of the molecule is CC(C)c1cc(NCc2nnc(C(C)C)n2C)nc(C(C)C)n1. The van der Waals surface area contributed by atoms with E-state index in [1.165, 1.54) is 0 Å². The highest BCUT2D eigenvalue weighted by Crippen LogP contribution is 2.20. The average molecular weight is 316 g/mol. The lowest BCUT2D eigenvalue weighted by Crippen LogP contribution is -2.11. The molecule has 126 valence electrons. The van der Waals surface area contributed by atoms with Crippen molar-refractivity contribution in [3.63, 3.8) is 0 Å². The van der Waals surface area contributed by atoms with Gasteiger partial charge in [0.1, 0.15) is 17.5 Å². The van der Waals surface area contributed by atoms with Gasteiger partial charge in [0.05, 0.1) is 6.54 Å². The zero-order valence-corrected chi connectivity index (χ0v) is 15.3. The molecule has 0 saturated heterocycles. The molecular weight excluding hydrogens is 288 g/mol. The Morgan fingerprint density at radius 3 is 2.17 bits per heavy atom. The quantitative estimate of drug-likeness (QED) is 0.882. The van der Waals surface area contributed by atoms with Crippen molar-refractivity contribution < 1.29 is 0 Å². The molecule has 0 radical (unpaired) electrons. The van der Waals surface area contributed by atoms with Crippen molar-refractivity contribution in [2.75, 3.05) is 5.32 Å². The average Bonchev–Trinajstić information content (AvgIpc) is 2.85. The molecule has 2 aromatic rings. The fourth-order valence-electron chi connectivity index (χ4n) is 2.33. The van der Waals surface area contributed by atoms with Crippen LogP contribution in [0.25, 0.3) is 0 Å². The van der Waals surface area contributed by atoms with Crippen LogP contribution in [0.15, 0.2) is 6.07 Å². The van der Waals surface area contributed by atoms with Gasteiger partial charge in [-0.1, -0.05) is 41.5 Å². The fourth-order valence-corrected chi connectivity index (χ4v) is 2.33. The van der Waals surface area contributed by atoms with Crippen LogP contribution in [-0.2, 0) is 13.6 Å². The van der Waals surface area contributed by atoms with E-state index in [1.54, 1.807) is 0 Å². The molecule has 0 bridgehead atoms. The summed E-state index contributed by atoms with van der Waals surface area (Å²) >= 11 is 0. The van der Waals surface area contributed by atoms with Crippen molar-refractivity contribution in [3.8, 4) is 0 Å². The molecule has 0 unspecified atom stereocenters. The molecule has 0 aliphatic rings. The van der Waals surface area contributed by atoms with Crippen molar-refractivity contribution in [3.05, 3.63) is 29.2 Å². The molecule has 2 rings (SSSR count). The Balaban J connectivity index is 2.20. The summed E-state index contributed by atoms with van der Waals surface area (Å²) in [7, 11) is 2.01. The minimum Gasteiger partial charge on any atom is -0.363 e. The van der Waals surface area contributed by atoms with Crippen LogP contribution in [0.3, 0.4) is 0 Å². The molecule has 0 aromatic carbocycles. The van der Waals surface area contributed by atoms with Crippen molar-refractivity contribution in [2.24, 2.45) is 7.05 Å². The number of nitrogens with one attached hydrogen (secondary N) is 1. The first-order valence-electron chi connectivity index (χ1n) is 8.30. The van der Waals surface area contributed by atoms with Crippen LogP contribution in [-0.4, -0.2) is 24.7 Å². The van der Waals surface area contributed by atoms with Gasteiger partial charge in [0.25, 0.3) is 0 Å². The van der Waals surface area contributed by atoms with Crippen molar-refractivity contribution in [1.29, 1.82) is 0 Å². The molecule has 1 N–H and O–H groups in total. The Bertz CT molecular complexity index is 631. The Morgan fingerprint density at radius 1 is 0.957 bits per heavy atom. The number of rotatable bonds is 6. The summed E-state index contributed by atoms with van der Waals surface area (Å²) in [6, 6.07) is 2.02. The maximum absolute atomic E-state index is 4.65. The minimum absolute atomic E-state index is 0.302. The maximum atomic E-state index is 4.65. The van der Waals surface area contributed by atoms with Gasteiger partial charge in [-0.15, -0.1) is 10.2 Å². The third-order valence-corrected chi connectivity index (χ3v) is 3.81. The molecule has 6 nitrogen and oxygen atoms in total. The Morgan fingerprint density at radius 2 is 1.65 bits per heavy atom. The van der Waals surface area contributed by atoms with E-state index < -0.39 is 0 Å². The topological polar surface area (TPSA) is 68.5 Å². The van der Waals surface area contributed by atoms with E-state index in [2.05, 4.69) is 67.0 Å². The lowest BCUT2D eigenvalue weighted by molar-refractivity contribution is 0.691. The first kappa shape index (κ1) is 17.4. The number of anilines is 1.